The number of nitriles is 1. The first-order valence-corrected chi connectivity index (χ1v) is 12.1. The molecule has 168 valence electrons. The highest BCUT2D eigenvalue weighted by Crippen LogP contribution is 2.44. The Morgan fingerprint density at radius 3 is 2.66 bits per heavy atom. The Balaban J connectivity index is 1.47. The Kier molecular flexibility index (Phi) is 5.62. The number of anilines is 1. The molecule has 7 heteroatoms. The summed E-state index contributed by atoms with van der Waals surface area (Å²) in [5.41, 5.74) is 9.27. The number of hydrogen-bond acceptors (Lipinski definition) is 6. The van der Waals surface area contributed by atoms with Crippen LogP contribution >= 0.6 is 0 Å². The van der Waals surface area contributed by atoms with Gasteiger partial charge in [0, 0.05) is 61.6 Å². The van der Waals surface area contributed by atoms with Crippen molar-refractivity contribution in [1.29, 1.82) is 5.26 Å². The highest BCUT2D eigenvalue weighted by atomic mass is 16.2. The molecule has 1 unspecified atom stereocenters. The first-order valence-electron chi connectivity index (χ1n) is 12.1. The van der Waals surface area contributed by atoms with E-state index < -0.39 is 0 Å². The summed E-state index contributed by atoms with van der Waals surface area (Å²) in [6.07, 6.45) is 10.1. The van der Waals surface area contributed by atoms with Crippen LogP contribution in [0.3, 0.4) is 0 Å². The molecule has 1 amide bonds. The molecule has 1 aliphatic heterocycles. The summed E-state index contributed by atoms with van der Waals surface area (Å²) in [6, 6.07) is 4.57. The summed E-state index contributed by atoms with van der Waals surface area (Å²) in [7, 11) is 0. The molecule has 0 radical (unpaired) electrons. The molecule has 3 saturated carbocycles. The van der Waals surface area contributed by atoms with E-state index in [1.54, 1.807) is 12.4 Å². The van der Waals surface area contributed by atoms with Crippen LogP contribution in [-0.2, 0) is 4.79 Å². The minimum Gasteiger partial charge on any atom is -0.404 e. The summed E-state index contributed by atoms with van der Waals surface area (Å²) in [5, 5.41) is 9.99. The first kappa shape index (κ1) is 21.0. The molecule has 2 heterocycles. The molecule has 4 aliphatic rings. The van der Waals surface area contributed by atoms with Crippen molar-refractivity contribution in [2.24, 2.45) is 22.6 Å². The van der Waals surface area contributed by atoms with Crippen LogP contribution in [-0.4, -0.2) is 54.2 Å². The molecule has 1 atom stereocenters. The SMILES string of the molecule is CCN=CC(=CN)c1cc(C#N)c(N2CCN(C(=O)C3CC3)C(C3CC3)C2)nc1C1CC1. The third kappa shape index (κ3) is 4.11. The molecular formula is C25H32N6O. The van der Waals surface area contributed by atoms with Gasteiger partial charge in [0.25, 0.3) is 0 Å². The van der Waals surface area contributed by atoms with Gasteiger partial charge in [-0.05, 0) is 57.4 Å². The Morgan fingerprint density at radius 1 is 1.28 bits per heavy atom. The lowest BCUT2D eigenvalue weighted by molar-refractivity contribution is -0.135. The quantitative estimate of drug-likeness (QED) is 0.668. The second-order valence-corrected chi connectivity index (χ2v) is 9.59. The zero-order valence-corrected chi connectivity index (χ0v) is 18.8. The van der Waals surface area contributed by atoms with Crippen molar-refractivity contribution in [2.45, 2.75) is 57.4 Å². The highest BCUT2D eigenvalue weighted by molar-refractivity contribution is 6.10. The summed E-state index contributed by atoms with van der Waals surface area (Å²) in [4.78, 5) is 26.7. The van der Waals surface area contributed by atoms with Crippen molar-refractivity contribution in [1.82, 2.24) is 9.88 Å². The molecule has 1 saturated heterocycles. The van der Waals surface area contributed by atoms with Crippen LogP contribution in [0.2, 0.25) is 0 Å². The molecule has 1 aromatic heterocycles. The van der Waals surface area contributed by atoms with Crippen LogP contribution in [0.25, 0.3) is 5.57 Å². The summed E-state index contributed by atoms with van der Waals surface area (Å²) in [6.45, 7) is 4.88. The van der Waals surface area contributed by atoms with Crippen LogP contribution < -0.4 is 10.6 Å². The fourth-order valence-corrected chi connectivity index (χ4v) is 4.86. The van der Waals surface area contributed by atoms with Crippen molar-refractivity contribution >= 4 is 23.5 Å². The number of hydrogen-bond donors (Lipinski definition) is 1. The zero-order valence-electron chi connectivity index (χ0n) is 18.8. The number of nitrogens with two attached hydrogens (primary N) is 1. The van der Waals surface area contributed by atoms with Gasteiger partial charge in [-0.2, -0.15) is 5.26 Å². The molecule has 0 spiro atoms. The van der Waals surface area contributed by atoms with E-state index in [0.717, 1.165) is 68.0 Å². The summed E-state index contributed by atoms with van der Waals surface area (Å²) >= 11 is 0. The van der Waals surface area contributed by atoms with E-state index in [9.17, 15) is 10.1 Å². The molecule has 0 aromatic carbocycles. The molecule has 0 bridgehead atoms. The van der Waals surface area contributed by atoms with Crippen LogP contribution in [0, 0.1) is 23.2 Å². The first-order chi connectivity index (χ1) is 15.6. The lowest BCUT2D eigenvalue weighted by Gasteiger charge is -2.43. The second-order valence-electron chi connectivity index (χ2n) is 9.59. The van der Waals surface area contributed by atoms with Crippen LogP contribution in [0.5, 0.6) is 0 Å². The van der Waals surface area contributed by atoms with E-state index in [1.807, 2.05) is 13.0 Å². The molecular weight excluding hydrogens is 400 g/mol. The highest BCUT2D eigenvalue weighted by Gasteiger charge is 2.45. The van der Waals surface area contributed by atoms with Gasteiger partial charge in [0.15, 0.2) is 0 Å². The minimum atomic E-state index is 0.241. The maximum absolute atomic E-state index is 12.9. The van der Waals surface area contributed by atoms with Crippen LogP contribution in [0.4, 0.5) is 5.82 Å². The van der Waals surface area contributed by atoms with Gasteiger partial charge in [0.2, 0.25) is 5.91 Å². The Labute approximate surface area is 190 Å². The topological polar surface area (TPSA) is 98.6 Å². The monoisotopic (exact) mass is 432 g/mol. The molecule has 1 aromatic rings. The van der Waals surface area contributed by atoms with Crippen molar-refractivity contribution < 1.29 is 4.79 Å². The number of allylic oxidation sites excluding steroid dienone is 1. The third-order valence-electron chi connectivity index (χ3n) is 7.11. The number of piperazine rings is 1. The van der Waals surface area contributed by atoms with Crippen molar-refractivity contribution in [3.8, 4) is 6.07 Å². The van der Waals surface area contributed by atoms with E-state index in [0.29, 0.717) is 29.9 Å². The fourth-order valence-electron chi connectivity index (χ4n) is 4.86. The number of aliphatic imine (C=N–C) groups is 1. The van der Waals surface area contributed by atoms with Crippen LogP contribution in [0.1, 0.15) is 68.2 Å². The van der Waals surface area contributed by atoms with E-state index in [2.05, 4.69) is 20.9 Å². The number of pyridine rings is 1. The number of amides is 1. The Bertz CT molecular complexity index is 996. The van der Waals surface area contributed by atoms with Gasteiger partial charge >= 0.3 is 0 Å². The second kappa shape index (κ2) is 8.57. The summed E-state index contributed by atoms with van der Waals surface area (Å²) < 4.78 is 0. The maximum Gasteiger partial charge on any atom is 0.226 e. The largest absolute Gasteiger partial charge is 0.404 e. The van der Waals surface area contributed by atoms with E-state index in [1.165, 1.54) is 12.8 Å². The van der Waals surface area contributed by atoms with E-state index >= 15 is 0 Å². The van der Waals surface area contributed by atoms with E-state index in [-0.39, 0.29) is 12.0 Å². The third-order valence-corrected chi connectivity index (χ3v) is 7.11. The van der Waals surface area contributed by atoms with E-state index in [4.69, 9.17) is 10.7 Å². The van der Waals surface area contributed by atoms with Crippen molar-refractivity contribution in [3.05, 3.63) is 29.1 Å². The van der Waals surface area contributed by atoms with Crippen molar-refractivity contribution in [3.63, 3.8) is 0 Å². The minimum absolute atomic E-state index is 0.241. The van der Waals surface area contributed by atoms with Gasteiger partial charge in [0.05, 0.1) is 17.3 Å². The molecule has 7 nitrogen and oxygen atoms in total. The molecule has 32 heavy (non-hydrogen) atoms. The van der Waals surface area contributed by atoms with Gasteiger partial charge in [-0.1, -0.05) is 0 Å². The Hall–Kier alpha value is -2.88. The zero-order chi connectivity index (χ0) is 22.2. The smallest absolute Gasteiger partial charge is 0.226 e. The number of rotatable bonds is 7. The van der Waals surface area contributed by atoms with Gasteiger partial charge in [-0.3, -0.25) is 9.79 Å². The molecule has 5 rings (SSSR count). The van der Waals surface area contributed by atoms with Gasteiger partial charge < -0.3 is 15.5 Å². The predicted molar refractivity (Wildman–Crippen MR) is 125 cm³/mol. The number of carbonyl (C=O) groups is 1. The summed E-state index contributed by atoms with van der Waals surface area (Å²) in [5.74, 6) is 2.37. The average molecular weight is 433 g/mol. The Morgan fingerprint density at radius 2 is 2.06 bits per heavy atom. The number of nitrogens with zero attached hydrogens (tertiary/aromatic N) is 5. The molecule has 3 aliphatic carbocycles. The standard InChI is InChI=1S/C25H32N6O/c1-2-28-14-20(13-27)21-11-19(12-26)24(29-23(21)17-5-6-17)30-9-10-31(25(32)18-7-8-18)22(15-30)16-3-4-16/h11,13-14,16-18,22H,2-10,15,27H2,1H3. The molecule has 2 N–H and O–H groups in total. The predicted octanol–water partition coefficient (Wildman–Crippen LogP) is 3.06. The lowest BCUT2D eigenvalue weighted by atomic mass is 9.99. The lowest BCUT2D eigenvalue weighted by Crippen LogP contribution is -2.57. The molecule has 4 fully saturated rings. The number of carbonyl (C=O) groups excluding carboxylic acids is 1. The fraction of sp³-hybridized carbons (Fsp3) is 0.600. The normalized spacial score (nSPS) is 24.1. The van der Waals surface area contributed by atoms with Crippen LogP contribution in [0.15, 0.2) is 17.3 Å². The average Bonchev–Trinajstić information content (AvgIpc) is 3.68. The van der Waals surface area contributed by atoms with Gasteiger partial charge in [-0.25, -0.2) is 4.98 Å². The van der Waals surface area contributed by atoms with Gasteiger partial charge in [0.1, 0.15) is 11.9 Å². The number of aromatic nitrogens is 1. The van der Waals surface area contributed by atoms with Crippen molar-refractivity contribution in [2.75, 3.05) is 31.1 Å². The maximum atomic E-state index is 12.9. The van der Waals surface area contributed by atoms with Gasteiger partial charge in [-0.15, -0.1) is 0 Å².